The molecule has 4 aliphatic carbocycles. The van der Waals surface area contributed by atoms with E-state index in [4.69, 9.17) is 4.98 Å². The zero-order valence-electron chi connectivity index (χ0n) is 30.6. The summed E-state index contributed by atoms with van der Waals surface area (Å²) >= 11 is 0. The zero-order valence-corrected chi connectivity index (χ0v) is 30.6. The molecule has 0 amide bonds. The van der Waals surface area contributed by atoms with E-state index in [0.29, 0.717) is 5.41 Å². The topological polar surface area (TPSA) is 22.8 Å². The van der Waals surface area contributed by atoms with Gasteiger partial charge in [0.15, 0.2) is 0 Å². The fraction of sp³-hybridized carbons (Fsp3) is 0.383. The van der Waals surface area contributed by atoms with Crippen LogP contribution in [0.5, 0.6) is 0 Å². The summed E-state index contributed by atoms with van der Waals surface area (Å²) in [6, 6.07) is 37.1. The molecule has 7 aromatic rings. The van der Waals surface area contributed by atoms with Gasteiger partial charge in [-0.15, -0.1) is 0 Å². The Kier molecular flexibility index (Phi) is 6.30. The van der Waals surface area contributed by atoms with Gasteiger partial charge < -0.3 is 0 Å². The molecular weight excluding hydrogens is 607 g/mol. The predicted octanol–water partition coefficient (Wildman–Crippen LogP) is 12.3. The van der Waals surface area contributed by atoms with Crippen LogP contribution in [0, 0.1) is 17.8 Å². The van der Waals surface area contributed by atoms with Gasteiger partial charge in [0.2, 0.25) is 0 Å². The second-order valence-corrected chi connectivity index (χ2v) is 18.4. The third-order valence-electron chi connectivity index (χ3n) is 13.0. The Morgan fingerprint density at radius 1 is 0.500 bits per heavy atom. The fourth-order valence-corrected chi connectivity index (χ4v) is 10.9. The average molecular weight is 656 g/mol. The maximum absolute atomic E-state index is 5.50. The molecule has 4 aromatic carbocycles. The highest BCUT2D eigenvalue weighted by atomic mass is 15.1. The Morgan fingerprint density at radius 2 is 0.960 bits per heavy atom. The van der Waals surface area contributed by atoms with E-state index in [2.05, 4.69) is 148 Å². The number of fused-ring (bicyclic) bond motifs is 6. The van der Waals surface area contributed by atoms with Gasteiger partial charge in [-0.1, -0.05) is 84.0 Å². The molecule has 0 radical (unpaired) electrons. The van der Waals surface area contributed by atoms with Crippen LogP contribution in [0.3, 0.4) is 0 Å². The number of pyridine rings is 1. The lowest BCUT2D eigenvalue weighted by molar-refractivity contribution is -0.00512. The normalized spacial score (nSPS) is 23.6. The molecule has 0 unspecified atom stereocenters. The lowest BCUT2D eigenvalue weighted by Gasteiger charge is -2.57. The smallest absolute Gasteiger partial charge is 0.140 e. The van der Waals surface area contributed by atoms with Crippen molar-refractivity contribution < 1.29 is 0 Å². The molecule has 11 rings (SSSR count). The molecule has 3 heteroatoms. The highest BCUT2D eigenvalue weighted by Crippen LogP contribution is 2.61. The Balaban J connectivity index is 1.16. The number of hydrogen-bond donors (Lipinski definition) is 0. The lowest BCUT2D eigenvalue weighted by atomic mass is 9.48. The average Bonchev–Trinajstić information content (AvgIpc) is 3.59. The van der Waals surface area contributed by atoms with Crippen molar-refractivity contribution in [3.63, 3.8) is 0 Å². The minimum absolute atomic E-state index is 0.0640. The molecule has 252 valence electrons. The molecule has 0 spiro atoms. The minimum atomic E-state index is 0.0640. The van der Waals surface area contributed by atoms with Gasteiger partial charge in [0, 0.05) is 21.5 Å². The number of rotatable bonds is 3. The second-order valence-electron chi connectivity index (χ2n) is 18.4. The van der Waals surface area contributed by atoms with Gasteiger partial charge in [-0.2, -0.15) is 0 Å². The summed E-state index contributed by atoms with van der Waals surface area (Å²) < 4.78 is 4.78. The van der Waals surface area contributed by atoms with Crippen molar-refractivity contribution in [3.05, 3.63) is 114 Å². The van der Waals surface area contributed by atoms with Crippen molar-refractivity contribution in [1.29, 1.82) is 0 Å². The quantitative estimate of drug-likeness (QED) is 0.186. The van der Waals surface area contributed by atoms with Crippen LogP contribution in [0.4, 0.5) is 0 Å². The molecule has 0 N–H and O–H groups in total. The third kappa shape index (κ3) is 4.51. The maximum atomic E-state index is 5.50. The summed E-state index contributed by atoms with van der Waals surface area (Å²) in [5.41, 5.74) is 9.66. The van der Waals surface area contributed by atoms with E-state index < -0.39 is 0 Å². The predicted molar refractivity (Wildman–Crippen MR) is 210 cm³/mol. The van der Waals surface area contributed by atoms with Crippen LogP contribution >= 0.6 is 0 Å². The summed E-state index contributed by atoms with van der Waals surface area (Å²) in [5.74, 6) is 4.72. The summed E-state index contributed by atoms with van der Waals surface area (Å²) in [4.78, 5) is 5.50. The van der Waals surface area contributed by atoms with E-state index in [-0.39, 0.29) is 10.8 Å². The molecule has 4 bridgehead atoms. The van der Waals surface area contributed by atoms with E-state index in [9.17, 15) is 0 Å². The maximum Gasteiger partial charge on any atom is 0.140 e. The first-order chi connectivity index (χ1) is 23.9. The molecule has 0 saturated heterocycles. The van der Waals surface area contributed by atoms with Crippen molar-refractivity contribution in [2.45, 2.75) is 96.3 Å². The molecule has 3 aromatic heterocycles. The first-order valence-corrected chi connectivity index (χ1v) is 19.1. The zero-order chi connectivity index (χ0) is 34.2. The number of aromatic nitrogens is 3. The Bertz CT molecular complexity index is 2380. The number of para-hydroxylation sites is 1. The molecule has 0 atom stereocenters. The molecule has 4 saturated carbocycles. The standard InChI is InChI=1S/C47H49N3/c1-45(2,3)32-14-17-41-37(23-32)38-24-33(46(4,5)6)15-18-42(38)50(41)44-13-9-12-43(48-44)49-39-11-8-7-10-35(39)36-25-34(16-19-40(36)49)47-26-29-20-30(27-47)22-31(21-29)28-47/h7-19,23-25,29-31H,20-22,26-28H2,1-6H3. The molecule has 4 aliphatic rings. The highest BCUT2D eigenvalue weighted by Gasteiger charge is 2.51. The minimum Gasteiger partial charge on any atom is -0.294 e. The van der Waals surface area contributed by atoms with E-state index in [0.717, 1.165) is 29.4 Å². The van der Waals surface area contributed by atoms with E-state index in [1.165, 1.54) is 93.3 Å². The molecule has 3 nitrogen and oxygen atoms in total. The Labute approximate surface area is 296 Å². The van der Waals surface area contributed by atoms with E-state index >= 15 is 0 Å². The van der Waals surface area contributed by atoms with Crippen molar-refractivity contribution in [3.8, 4) is 11.6 Å². The summed E-state index contributed by atoms with van der Waals surface area (Å²) in [6.45, 7) is 13.8. The molecule has 4 fully saturated rings. The van der Waals surface area contributed by atoms with E-state index in [1.807, 2.05) is 0 Å². The van der Waals surface area contributed by atoms with Crippen molar-refractivity contribution in [2.24, 2.45) is 17.8 Å². The molecule has 50 heavy (non-hydrogen) atoms. The van der Waals surface area contributed by atoms with Gasteiger partial charge in [-0.05, 0) is 144 Å². The van der Waals surface area contributed by atoms with Crippen molar-refractivity contribution in [1.82, 2.24) is 14.1 Å². The Morgan fingerprint density at radius 3 is 1.48 bits per heavy atom. The Hall–Kier alpha value is -4.37. The third-order valence-corrected chi connectivity index (χ3v) is 13.0. The first-order valence-electron chi connectivity index (χ1n) is 19.1. The monoisotopic (exact) mass is 655 g/mol. The van der Waals surface area contributed by atoms with Gasteiger partial charge in [-0.25, -0.2) is 4.98 Å². The number of nitrogens with zero attached hydrogens (tertiary/aromatic N) is 3. The largest absolute Gasteiger partial charge is 0.294 e. The highest BCUT2D eigenvalue weighted by molar-refractivity contribution is 6.10. The van der Waals surface area contributed by atoms with Gasteiger partial charge >= 0.3 is 0 Å². The lowest BCUT2D eigenvalue weighted by Crippen LogP contribution is -2.48. The fourth-order valence-electron chi connectivity index (χ4n) is 10.9. The van der Waals surface area contributed by atoms with Crippen LogP contribution in [0.2, 0.25) is 0 Å². The van der Waals surface area contributed by atoms with Crippen molar-refractivity contribution >= 4 is 43.6 Å². The summed E-state index contributed by atoms with van der Waals surface area (Å²) in [7, 11) is 0. The van der Waals surface area contributed by atoms with Gasteiger partial charge in [0.1, 0.15) is 11.6 Å². The van der Waals surface area contributed by atoms with Crippen LogP contribution < -0.4 is 0 Å². The number of benzene rings is 4. The summed E-state index contributed by atoms with van der Waals surface area (Å²) in [5, 5.41) is 5.27. The van der Waals surface area contributed by atoms with Crippen LogP contribution in [0.25, 0.3) is 55.2 Å². The van der Waals surface area contributed by atoms with Gasteiger partial charge in [0.05, 0.1) is 22.1 Å². The number of hydrogen-bond acceptors (Lipinski definition) is 1. The second kappa shape index (κ2) is 10.3. The van der Waals surface area contributed by atoms with E-state index in [1.54, 1.807) is 5.56 Å². The van der Waals surface area contributed by atoms with Crippen LogP contribution in [-0.2, 0) is 16.2 Å². The van der Waals surface area contributed by atoms with Gasteiger partial charge in [0.25, 0.3) is 0 Å². The summed E-state index contributed by atoms with van der Waals surface area (Å²) in [6.07, 6.45) is 8.60. The SMILES string of the molecule is CC(C)(C)c1ccc2c(c1)c1cc(C(C)(C)C)ccc1n2-c1cccc(-n2c3ccccc3c3cc(C45CC6CC(CC(C6)C4)C5)ccc32)n1. The molecule has 0 aliphatic heterocycles. The molecular formula is C47H49N3. The van der Waals surface area contributed by atoms with Crippen molar-refractivity contribution in [2.75, 3.05) is 0 Å². The van der Waals surface area contributed by atoms with Crippen LogP contribution in [0.1, 0.15) is 96.8 Å². The van der Waals surface area contributed by atoms with Crippen LogP contribution in [0.15, 0.2) is 97.1 Å². The first kappa shape index (κ1) is 30.5. The van der Waals surface area contributed by atoms with Crippen LogP contribution in [-0.4, -0.2) is 14.1 Å². The molecule has 3 heterocycles. The van der Waals surface area contributed by atoms with Gasteiger partial charge in [-0.3, -0.25) is 9.13 Å².